The molecule has 0 aliphatic heterocycles. The van der Waals surface area contributed by atoms with E-state index < -0.39 is 0 Å². The quantitative estimate of drug-likeness (QED) is 0.630. The molecule has 118 valence electrons. The third-order valence-corrected chi connectivity index (χ3v) is 3.80. The normalized spacial score (nSPS) is 11.0. The fourth-order valence-corrected chi connectivity index (χ4v) is 2.72. The first-order valence-corrected chi connectivity index (χ1v) is 8.12. The van der Waals surface area contributed by atoms with Crippen molar-refractivity contribution >= 4 is 0 Å². The zero-order valence-electron chi connectivity index (χ0n) is 13.5. The van der Waals surface area contributed by atoms with Crippen molar-refractivity contribution < 1.29 is 4.52 Å². The summed E-state index contributed by atoms with van der Waals surface area (Å²) in [5.41, 5.74) is 3.31. The second-order valence-electron chi connectivity index (χ2n) is 5.74. The molecule has 0 aliphatic rings. The Balaban J connectivity index is 1.69. The second kappa shape index (κ2) is 7.75. The summed E-state index contributed by atoms with van der Waals surface area (Å²) >= 11 is 0. The number of benzene rings is 2. The van der Waals surface area contributed by atoms with Crippen molar-refractivity contribution in [2.45, 2.75) is 26.4 Å². The summed E-state index contributed by atoms with van der Waals surface area (Å²) in [5.74, 6) is 0.910. The maximum atomic E-state index is 5.54. The van der Waals surface area contributed by atoms with Crippen molar-refractivity contribution in [2.75, 3.05) is 6.54 Å². The lowest BCUT2D eigenvalue weighted by atomic mass is 10.1. The molecule has 0 fully saturated rings. The predicted octanol–water partition coefficient (Wildman–Crippen LogP) is 4.75. The van der Waals surface area contributed by atoms with Crippen LogP contribution in [0, 0.1) is 0 Å². The van der Waals surface area contributed by atoms with Crippen molar-refractivity contribution in [1.29, 1.82) is 0 Å². The number of aromatic nitrogens is 1. The number of hydrogen-bond donors (Lipinski definition) is 0. The highest BCUT2D eigenvalue weighted by Crippen LogP contribution is 2.20. The zero-order valence-corrected chi connectivity index (χ0v) is 13.5. The van der Waals surface area contributed by atoms with E-state index in [1.807, 2.05) is 24.3 Å². The highest BCUT2D eigenvalue weighted by atomic mass is 16.5. The Morgan fingerprint density at radius 3 is 2.30 bits per heavy atom. The molecule has 0 aliphatic carbocycles. The molecule has 0 radical (unpaired) electrons. The monoisotopic (exact) mass is 306 g/mol. The highest BCUT2D eigenvalue weighted by molar-refractivity contribution is 5.58. The lowest BCUT2D eigenvalue weighted by Gasteiger charge is -2.20. The molecule has 0 bridgehead atoms. The van der Waals surface area contributed by atoms with Gasteiger partial charge in [0.25, 0.3) is 0 Å². The van der Waals surface area contributed by atoms with E-state index in [1.165, 1.54) is 5.56 Å². The first kappa shape index (κ1) is 15.5. The highest BCUT2D eigenvalue weighted by Gasteiger charge is 2.11. The van der Waals surface area contributed by atoms with Crippen LogP contribution in [-0.2, 0) is 13.1 Å². The summed E-state index contributed by atoms with van der Waals surface area (Å²) in [6, 6.07) is 22.7. The predicted molar refractivity (Wildman–Crippen MR) is 92.8 cm³/mol. The molecular weight excluding hydrogens is 284 g/mol. The SMILES string of the molecule is CCCN(Cc1ccccc1)Cc1cc(-c2ccccc2)no1. The van der Waals surface area contributed by atoms with Gasteiger partial charge in [0, 0.05) is 18.2 Å². The molecule has 0 saturated heterocycles. The molecule has 2 aromatic carbocycles. The Morgan fingerprint density at radius 2 is 1.61 bits per heavy atom. The van der Waals surface area contributed by atoms with Crippen LogP contribution in [0.5, 0.6) is 0 Å². The second-order valence-corrected chi connectivity index (χ2v) is 5.74. The minimum Gasteiger partial charge on any atom is -0.359 e. The summed E-state index contributed by atoms with van der Waals surface area (Å²) in [5, 5.41) is 4.20. The van der Waals surface area contributed by atoms with Gasteiger partial charge in [0.2, 0.25) is 0 Å². The standard InChI is InChI=1S/C20H22N2O/c1-2-13-22(15-17-9-5-3-6-10-17)16-19-14-20(21-23-19)18-11-7-4-8-12-18/h3-12,14H,2,13,15-16H2,1H3. The maximum Gasteiger partial charge on any atom is 0.151 e. The smallest absolute Gasteiger partial charge is 0.151 e. The number of hydrogen-bond acceptors (Lipinski definition) is 3. The van der Waals surface area contributed by atoms with Gasteiger partial charge in [-0.1, -0.05) is 72.7 Å². The summed E-state index contributed by atoms with van der Waals surface area (Å²) in [6.45, 7) is 4.95. The topological polar surface area (TPSA) is 29.3 Å². The maximum absolute atomic E-state index is 5.54. The molecule has 0 N–H and O–H groups in total. The van der Waals surface area contributed by atoms with E-state index >= 15 is 0 Å². The molecule has 3 aromatic rings. The van der Waals surface area contributed by atoms with Gasteiger partial charge in [0.1, 0.15) is 5.69 Å². The summed E-state index contributed by atoms with van der Waals surface area (Å²) in [7, 11) is 0. The van der Waals surface area contributed by atoms with E-state index in [1.54, 1.807) is 0 Å². The molecule has 0 atom stereocenters. The molecule has 0 amide bonds. The third-order valence-electron chi connectivity index (χ3n) is 3.80. The lowest BCUT2D eigenvalue weighted by Crippen LogP contribution is -2.23. The third kappa shape index (κ3) is 4.30. The van der Waals surface area contributed by atoms with E-state index in [9.17, 15) is 0 Å². The Kier molecular flexibility index (Phi) is 5.22. The fourth-order valence-electron chi connectivity index (χ4n) is 2.72. The van der Waals surface area contributed by atoms with Crippen molar-refractivity contribution in [3.63, 3.8) is 0 Å². The molecule has 3 rings (SSSR count). The van der Waals surface area contributed by atoms with Crippen LogP contribution in [0.15, 0.2) is 71.3 Å². The van der Waals surface area contributed by atoms with Gasteiger partial charge in [-0.05, 0) is 18.5 Å². The fraction of sp³-hybridized carbons (Fsp3) is 0.250. The first-order chi connectivity index (χ1) is 11.3. The minimum absolute atomic E-state index is 0.780. The van der Waals surface area contributed by atoms with Crippen LogP contribution >= 0.6 is 0 Å². The van der Waals surface area contributed by atoms with Gasteiger partial charge in [-0.3, -0.25) is 4.90 Å². The molecule has 1 aromatic heterocycles. The van der Waals surface area contributed by atoms with Gasteiger partial charge >= 0.3 is 0 Å². The van der Waals surface area contributed by atoms with Crippen LogP contribution in [-0.4, -0.2) is 16.6 Å². The summed E-state index contributed by atoms with van der Waals surface area (Å²) in [6.07, 6.45) is 1.12. The van der Waals surface area contributed by atoms with Gasteiger partial charge < -0.3 is 4.52 Å². The molecule has 3 heteroatoms. The molecule has 3 nitrogen and oxygen atoms in total. The van der Waals surface area contributed by atoms with E-state index in [2.05, 4.69) is 59.4 Å². The molecular formula is C20H22N2O. The number of rotatable bonds is 7. The Bertz CT molecular complexity index is 707. The zero-order chi connectivity index (χ0) is 15.9. The first-order valence-electron chi connectivity index (χ1n) is 8.12. The van der Waals surface area contributed by atoms with Crippen molar-refractivity contribution in [1.82, 2.24) is 10.1 Å². The van der Waals surface area contributed by atoms with Crippen LogP contribution < -0.4 is 0 Å². The van der Waals surface area contributed by atoms with Crippen LogP contribution in [0.1, 0.15) is 24.7 Å². The largest absolute Gasteiger partial charge is 0.359 e. The van der Waals surface area contributed by atoms with Gasteiger partial charge in [-0.2, -0.15) is 0 Å². The molecule has 1 heterocycles. The number of nitrogens with zero attached hydrogens (tertiary/aromatic N) is 2. The van der Waals surface area contributed by atoms with Gasteiger partial charge in [0.05, 0.1) is 6.54 Å². The average Bonchev–Trinajstić information content (AvgIpc) is 3.05. The molecule has 23 heavy (non-hydrogen) atoms. The Hall–Kier alpha value is -2.39. The van der Waals surface area contributed by atoms with Crippen molar-refractivity contribution in [3.8, 4) is 11.3 Å². The molecule has 0 spiro atoms. The molecule has 0 saturated carbocycles. The summed E-state index contributed by atoms with van der Waals surface area (Å²) in [4.78, 5) is 2.39. The minimum atomic E-state index is 0.780. The van der Waals surface area contributed by atoms with Gasteiger partial charge in [-0.15, -0.1) is 0 Å². The van der Waals surface area contributed by atoms with Crippen LogP contribution in [0.2, 0.25) is 0 Å². The van der Waals surface area contributed by atoms with Crippen molar-refractivity contribution in [2.24, 2.45) is 0 Å². The van der Waals surface area contributed by atoms with Crippen LogP contribution in [0.3, 0.4) is 0 Å². The van der Waals surface area contributed by atoms with E-state index in [0.717, 1.165) is 43.1 Å². The Morgan fingerprint density at radius 1 is 0.913 bits per heavy atom. The van der Waals surface area contributed by atoms with Gasteiger partial charge in [0.15, 0.2) is 5.76 Å². The van der Waals surface area contributed by atoms with Crippen LogP contribution in [0.4, 0.5) is 0 Å². The van der Waals surface area contributed by atoms with E-state index in [4.69, 9.17) is 4.52 Å². The van der Waals surface area contributed by atoms with E-state index in [0.29, 0.717) is 0 Å². The van der Waals surface area contributed by atoms with Gasteiger partial charge in [-0.25, -0.2) is 0 Å². The Labute approximate surface area is 137 Å². The molecule has 0 unspecified atom stereocenters. The van der Waals surface area contributed by atoms with E-state index in [-0.39, 0.29) is 0 Å². The average molecular weight is 306 g/mol. The van der Waals surface area contributed by atoms with Crippen LogP contribution in [0.25, 0.3) is 11.3 Å². The summed E-state index contributed by atoms with van der Waals surface area (Å²) < 4.78 is 5.54. The van der Waals surface area contributed by atoms with Crippen molar-refractivity contribution in [3.05, 3.63) is 78.1 Å². The lowest BCUT2D eigenvalue weighted by molar-refractivity contribution is 0.224.